The number of nitrogens with two attached hydrogens (primary N) is 1. The molecule has 1 amide bonds. The summed E-state index contributed by atoms with van der Waals surface area (Å²) in [5.74, 6) is 0.117. The van der Waals surface area contributed by atoms with Crippen molar-refractivity contribution in [1.29, 1.82) is 0 Å². The van der Waals surface area contributed by atoms with Gasteiger partial charge in [0.1, 0.15) is 0 Å². The Morgan fingerprint density at radius 1 is 1.30 bits per heavy atom. The summed E-state index contributed by atoms with van der Waals surface area (Å²) in [5, 5.41) is 3.00. The fourth-order valence-corrected chi connectivity index (χ4v) is 2.65. The zero-order valence-electron chi connectivity index (χ0n) is 12.5. The lowest BCUT2D eigenvalue weighted by molar-refractivity contribution is -0.124. The minimum atomic E-state index is 0.0822. The molecule has 0 heterocycles. The molecule has 0 atom stereocenters. The maximum Gasteiger partial charge on any atom is 0.220 e. The topological polar surface area (TPSA) is 58.4 Å². The van der Waals surface area contributed by atoms with Crippen LogP contribution in [0, 0.1) is 5.41 Å². The predicted molar refractivity (Wildman–Crippen MR) is 82.6 cm³/mol. The molecular formula is C16H25N3O. The summed E-state index contributed by atoms with van der Waals surface area (Å²) >= 11 is 0. The van der Waals surface area contributed by atoms with Crippen molar-refractivity contribution in [3.8, 4) is 0 Å². The Hall–Kier alpha value is -1.55. The van der Waals surface area contributed by atoms with Gasteiger partial charge in [-0.15, -0.1) is 0 Å². The number of rotatable bonds is 6. The zero-order valence-corrected chi connectivity index (χ0v) is 12.5. The SMILES string of the molecule is CN(C)c1ccc(CNC(=O)CC2(CN)CCC2)cc1. The van der Waals surface area contributed by atoms with Crippen molar-refractivity contribution >= 4 is 11.6 Å². The maximum absolute atomic E-state index is 12.0. The fourth-order valence-electron chi connectivity index (χ4n) is 2.65. The van der Waals surface area contributed by atoms with Gasteiger partial charge in [0, 0.05) is 32.7 Å². The van der Waals surface area contributed by atoms with Gasteiger partial charge in [-0.3, -0.25) is 4.79 Å². The largest absolute Gasteiger partial charge is 0.378 e. The second-order valence-electron chi connectivity index (χ2n) is 6.07. The minimum absolute atomic E-state index is 0.0822. The number of anilines is 1. The van der Waals surface area contributed by atoms with E-state index in [2.05, 4.69) is 34.5 Å². The molecule has 1 aromatic rings. The van der Waals surface area contributed by atoms with Crippen molar-refractivity contribution in [2.75, 3.05) is 25.5 Å². The number of nitrogens with zero attached hydrogens (tertiary/aromatic N) is 1. The van der Waals surface area contributed by atoms with Gasteiger partial charge in [0.2, 0.25) is 5.91 Å². The lowest BCUT2D eigenvalue weighted by atomic mass is 9.66. The molecule has 20 heavy (non-hydrogen) atoms. The highest BCUT2D eigenvalue weighted by atomic mass is 16.1. The van der Waals surface area contributed by atoms with E-state index < -0.39 is 0 Å². The van der Waals surface area contributed by atoms with Gasteiger partial charge in [0.05, 0.1) is 0 Å². The summed E-state index contributed by atoms with van der Waals surface area (Å²) in [7, 11) is 4.03. The first-order chi connectivity index (χ1) is 9.54. The van der Waals surface area contributed by atoms with Crippen LogP contribution in [0.15, 0.2) is 24.3 Å². The average Bonchev–Trinajstić information content (AvgIpc) is 2.41. The summed E-state index contributed by atoms with van der Waals surface area (Å²) in [4.78, 5) is 14.0. The van der Waals surface area contributed by atoms with Crippen LogP contribution in [0.5, 0.6) is 0 Å². The third-order valence-corrected chi connectivity index (χ3v) is 4.33. The lowest BCUT2D eigenvalue weighted by Gasteiger charge is -2.40. The van der Waals surface area contributed by atoms with Gasteiger partial charge in [0.25, 0.3) is 0 Å². The van der Waals surface area contributed by atoms with E-state index in [1.165, 1.54) is 6.42 Å². The van der Waals surface area contributed by atoms with Crippen molar-refractivity contribution in [2.24, 2.45) is 11.1 Å². The summed E-state index contributed by atoms with van der Waals surface area (Å²) < 4.78 is 0. The molecule has 0 aromatic heterocycles. The first-order valence-electron chi connectivity index (χ1n) is 7.28. The number of nitrogens with one attached hydrogen (secondary N) is 1. The molecule has 0 unspecified atom stereocenters. The first kappa shape index (κ1) is 14.9. The fraction of sp³-hybridized carbons (Fsp3) is 0.562. The molecule has 0 saturated heterocycles. The van der Waals surface area contributed by atoms with Crippen LogP contribution in [0.25, 0.3) is 0 Å². The van der Waals surface area contributed by atoms with Crippen LogP contribution in [-0.2, 0) is 11.3 Å². The molecule has 0 spiro atoms. The molecule has 1 aliphatic rings. The molecular weight excluding hydrogens is 250 g/mol. The lowest BCUT2D eigenvalue weighted by Crippen LogP contribution is -2.41. The Kier molecular flexibility index (Phi) is 4.65. The molecule has 4 nitrogen and oxygen atoms in total. The third-order valence-electron chi connectivity index (χ3n) is 4.33. The quantitative estimate of drug-likeness (QED) is 0.833. The molecule has 1 fully saturated rings. The van der Waals surface area contributed by atoms with Gasteiger partial charge in [-0.25, -0.2) is 0 Å². The van der Waals surface area contributed by atoms with E-state index in [1.54, 1.807) is 0 Å². The maximum atomic E-state index is 12.0. The normalized spacial score (nSPS) is 16.4. The van der Waals surface area contributed by atoms with Gasteiger partial charge < -0.3 is 16.0 Å². The van der Waals surface area contributed by atoms with E-state index in [-0.39, 0.29) is 11.3 Å². The highest BCUT2D eigenvalue weighted by Gasteiger charge is 2.37. The number of carbonyl (C=O) groups is 1. The van der Waals surface area contributed by atoms with Crippen molar-refractivity contribution in [3.05, 3.63) is 29.8 Å². The smallest absolute Gasteiger partial charge is 0.220 e. The van der Waals surface area contributed by atoms with E-state index in [9.17, 15) is 4.79 Å². The monoisotopic (exact) mass is 275 g/mol. The zero-order chi connectivity index (χ0) is 14.6. The molecule has 1 saturated carbocycles. The van der Waals surface area contributed by atoms with Crippen LogP contribution in [0.2, 0.25) is 0 Å². The first-order valence-corrected chi connectivity index (χ1v) is 7.28. The van der Waals surface area contributed by atoms with Crippen molar-refractivity contribution in [3.63, 3.8) is 0 Å². The highest BCUT2D eigenvalue weighted by Crippen LogP contribution is 2.42. The Labute approximate surface area is 121 Å². The molecule has 0 aliphatic heterocycles. The number of hydrogen-bond donors (Lipinski definition) is 2. The molecule has 2 rings (SSSR count). The number of carbonyl (C=O) groups excluding carboxylic acids is 1. The van der Waals surface area contributed by atoms with E-state index in [0.717, 1.165) is 24.1 Å². The van der Waals surface area contributed by atoms with Crippen LogP contribution in [0.1, 0.15) is 31.2 Å². The second-order valence-corrected chi connectivity index (χ2v) is 6.07. The number of hydrogen-bond acceptors (Lipinski definition) is 3. The summed E-state index contributed by atoms with van der Waals surface area (Å²) in [6.07, 6.45) is 3.96. The van der Waals surface area contributed by atoms with Crippen LogP contribution in [-0.4, -0.2) is 26.5 Å². The standard InChI is InChI=1S/C16H25N3O/c1-19(2)14-6-4-13(5-7-14)11-18-15(20)10-16(12-17)8-3-9-16/h4-7H,3,8-12,17H2,1-2H3,(H,18,20). The summed E-state index contributed by atoms with van der Waals surface area (Å²) in [6, 6.07) is 8.24. The van der Waals surface area contributed by atoms with Crippen LogP contribution in [0.3, 0.4) is 0 Å². The Morgan fingerprint density at radius 2 is 1.95 bits per heavy atom. The molecule has 1 aliphatic carbocycles. The summed E-state index contributed by atoms with van der Waals surface area (Å²) in [5.41, 5.74) is 8.15. The van der Waals surface area contributed by atoms with Crippen LogP contribution >= 0.6 is 0 Å². The third kappa shape index (κ3) is 3.51. The van der Waals surface area contributed by atoms with Gasteiger partial charge in [0.15, 0.2) is 0 Å². The Bertz CT molecular complexity index is 444. The molecule has 0 radical (unpaired) electrons. The van der Waals surface area contributed by atoms with Crippen LogP contribution < -0.4 is 16.0 Å². The minimum Gasteiger partial charge on any atom is -0.378 e. The number of benzene rings is 1. The average molecular weight is 275 g/mol. The predicted octanol–water partition coefficient (Wildman–Crippen LogP) is 1.89. The molecule has 4 heteroatoms. The van der Waals surface area contributed by atoms with E-state index in [0.29, 0.717) is 19.5 Å². The van der Waals surface area contributed by atoms with Gasteiger partial charge in [-0.1, -0.05) is 18.6 Å². The summed E-state index contributed by atoms with van der Waals surface area (Å²) in [6.45, 7) is 1.21. The van der Waals surface area contributed by atoms with Crippen molar-refractivity contribution in [2.45, 2.75) is 32.2 Å². The van der Waals surface area contributed by atoms with Crippen molar-refractivity contribution in [1.82, 2.24) is 5.32 Å². The Balaban J connectivity index is 1.81. The molecule has 0 bridgehead atoms. The van der Waals surface area contributed by atoms with Gasteiger partial charge >= 0.3 is 0 Å². The highest BCUT2D eigenvalue weighted by molar-refractivity contribution is 5.76. The Morgan fingerprint density at radius 3 is 2.40 bits per heavy atom. The van der Waals surface area contributed by atoms with E-state index >= 15 is 0 Å². The van der Waals surface area contributed by atoms with Crippen molar-refractivity contribution < 1.29 is 4.79 Å². The molecule has 1 aromatic carbocycles. The van der Waals surface area contributed by atoms with E-state index in [1.807, 2.05) is 14.1 Å². The second kappa shape index (κ2) is 6.27. The van der Waals surface area contributed by atoms with Crippen LogP contribution in [0.4, 0.5) is 5.69 Å². The number of amides is 1. The molecule has 3 N–H and O–H groups in total. The molecule has 110 valence electrons. The van der Waals surface area contributed by atoms with E-state index in [4.69, 9.17) is 5.73 Å². The van der Waals surface area contributed by atoms with Gasteiger partial charge in [-0.2, -0.15) is 0 Å². The van der Waals surface area contributed by atoms with Gasteiger partial charge in [-0.05, 0) is 42.5 Å².